The van der Waals surface area contributed by atoms with Crippen molar-refractivity contribution < 1.29 is 21.4 Å². The van der Waals surface area contributed by atoms with Gasteiger partial charge >= 0.3 is 0 Å². The lowest BCUT2D eigenvalue weighted by Gasteiger charge is -2.35. The summed E-state index contributed by atoms with van der Waals surface area (Å²) >= 11 is 0. The fourth-order valence-electron chi connectivity index (χ4n) is 5.88. The number of likely N-dealkylation sites (N-methyl/N-ethyl adjacent to an activating group) is 2. The van der Waals surface area contributed by atoms with E-state index in [1.165, 1.54) is 91.6 Å². The number of nitrogen functional groups attached to an aromatic ring is 1. The number of halogens is 2. The molecule has 0 aromatic heterocycles. The summed E-state index contributed by atoms with van der Waals surface area (Å²) in [7, 11) is 5.00. The van der Waals surface area contributed by atoms with Crippen LogP contribution in [0.1, 0.15) is 37.7 Å². The molecule has 3 aliphatic heterocycles. The predicted molar refractivity (Wildman–Crippen MR) is 118 cm³/mol. The topological polar surface area (TPSA) is 29.3 Å². The molecule has 1 aromatic carbocycles. The maximum Gasteiger partial charge on any atom is 0.109 e. The number of rotatable bonds is 4. The van der Waals surface area contributed by atoms with Crippen LogP contribution < -0.4 is 23.0 Å². The Balaban J connectivity index is 0.00000140. The highest BCUT2D eigenvalue weighted by Gasteiger charge is 2.47. The third kappa shape index (κ3) is 4.56. The number of aryl methyl sites for hydroxylation is 1. The first-order chi connectivity index (χ1) is 12.4. The molecule has 160 valence electrons. The fourth-order valence-corrected chi connectivity index (χ4v) is 5.88. The van der Waals surface area contributed by atoms with Gasteiger partial charge in [-0.3, -0.25) is 0 Å². The lowest BCUT2D eigenvalue weighted by molar-refractivity contribution is -0.920. The molecule has 3 heterocycles. The van der Waals surface area contributed by atoms with Crippen LogP contribution in [0.15, 0.2) is 18.2 Å². The molecule has 0 bridgehead atoms. The largest absolute Gasteiger partial charge is 1.00 e. The molecular weight excluding hydrogens is 391 g/mol. The molecule has 3 aliphatic rings. The number of hydrogen-bond donors (Lipinski definition) is 1. The van der Waals surface area contributed by atoms with Gasteiger partial charge in [0.1, 0.15) is 6.04 Å². The molecule has 1 aromatic rings. The van der Waals surface area contributed by atoms with Crippen LogP contribution in [0.5, 0.6) is 0 Å². The number of anilines is 2. The van der Waals surface area contributed by atoms with Crippen molar-refractivity contribution in [1.82, 2.24) is 0 Å². The number of nitrogens with two attached hydrogens (primary N) is 1. The van der Waals surface area contributed by atoms with E-state index in [1.54, 1.807) is 0 Å². The molecule has 2 atom stereocenters. The van der Waals surface area contributed by atoms with E-state index in [2.05, 4.69) is 44.1 Å². The minimum Gasteiger partial charge on any atom is -1.00 e. The number of hydrogen-bond acceptors (Lipinski definition) is 2. The second kappa shape index (κ2) is 8.99. The van der Waals surface area contributed by atoms with Crippen molar-refractivity contribution in [2.24, 2.45) is 0 Å². The molecule has 2 unspecified atom stereocenters. The predicted octanol–water partition coefficient (Wildman–Crippen LogP) is 0.431. The van der Waals surface area contributed by atoms with E-state index in [0.717, 1.165) is 11.7 Å². The van der Waals surface area contributed by atoms with Crippen molar-refractivity contribution >= 4 is 23.8 Å². The van der Waals surface area contributed by atoms with Gasteiger partial charge in [0.05, 0.1) is 59.4 Å². The maximum atomic E-state index is 6.10. The summed E-state index contributed by atoms with van der Waals surface area (Å²) in [6.45, 7) is 10.1. The summed E-state index contributed by atoms with van der Waals surface area (Å²) in [5.41, 5.74) is 9.62. The van der Waals surface area contributed by atoms with Crippen LogP contribution in [0.2, 0.25) is 0 Å². The van der Waals surface area contributed by atoms with Gasteiger partial charge in [0, 0.05) is 43.5 Å². The first-order valence-electron chi connectivity index (χ1n) is 10.7. The van der Waals surface area contributed by atoms with Crippen molar-refractivity contribution in [3.63, 3.8) is 0 Å². The van der Waals surface area contributed by atoms with Gasteiger partial charge in [-0.25, -0.2) is 0 Å². The molecule has 0 radical (unpaired) electrons. The van der Waals surface area contributed by atoms with E-state index in [1.807, 2.05) is 0 Å². The minimum atomic E-state index is 0. The van der Waals surface area contributed by atoms with Gasteiger partial charge in [-0.05, 0) is 30.7 Å². The van der Waals surface area contributed by atoms with Crippen molar-refractivity contribution in [3.8, 4) is 0 Å². The molecule has 0 spiro atoms. The zero-order valence-electron chi connectivity index (χ0n) is 17.9. The van der Waals surface area contributed by atoms with Gasteiger partial charge in [0.15, 0.2) is 0 Å². The molecule has 0 amide bonds. The standard InChI is InChI=1S/C22H38N4.2ClH/c1-18-14-19(8-9-22(18)23)24-16-21(26(3)12-6-7-13-26)15-20(24)17-25(2)10-4-5-11-25;;/h8-9,14,20-21H,4-7,10-13,15-17,23H2,1-3H3;2*1H/q+2;;/p-1. The Morgan fingerprint density at radius 2 is 1.64 bits per heavy atom. The van der Waals surface area contributed by atoms with E-state index < -0.39 is 0 Å². The molecule has 0 saturated carbocycles. The van der Waals surface area contributed by atoms with Gasteiger partial charge in [-0.1, -0.05) is 0 Å². The molecule has 28 heavy (non-hydrogen) atoms. The Morgan fingerprint density at radius 1 is 1.04 bits per heavy atom. The Morgan fingerprint density at radius 3 is 2.25 bits per heavy atom. The lowest BCUT2D eigenvalue weighted by Crippen LogP contribution is -3.00. The van der Waals surface area contributed by atoms with Gasteiger partial charge in [0.25, 0.3) is 0 Å². The highest BCUT2D eigenvalue weighted by Crippen LogP contribution is 2.36. The van der Waals surface area contributed by atoms with Crippen LogP contribution in [0.4, 0.5) is 11.4 Å². The average Bonchev–Trinajstić information content (AvgIpc) is 3.32. The number of benzene rings is 1. The third-order valence-electron chi connectivity index (χ3n) is 7.74. The Bertz CT molecular complexity index is 654. The van der Waals surface area contributed by atoms with E-state index in [9.17, 15) is 0 Å². The first kappa shape index (κ1) is 23.6. The molecule has 3 fully saturated rings. The van der Waals surface area contributed by atoms with Crippen molar-refractivity contribution in [2.75, 3.05) is 64.0 Å². The molecule has 4 rings (SSSR count). The second-order valence-electron chi connectivity index (χ2n) is 9.83. The summed E-state index contributed by atoms with van der Waals surface area (Å²) in [5.74, 6) is 0. The highest BCUT2D eigenvalue weighted by atomic mass is 35.5. The highest BCUT2D eigenvalue weighted by molar-refractivity contribution is 5.85. The number of likely N-dealkylation sites (tertiary alicyclic amines) is 2. The quantitative estimate of drug-likeness (QED) is 0.555. The van der Waals surface area contributed by atoms with Crippen LogP contribution in [0.25, 0.3) is 0 Å². The van der Waals surface area contributed by atoms with E-state index in [-0.39, 0.29) is 24.8 Å². The van der Waals surface area contributed by atoms with Crippen LogP contribution in [-0.2, 0) is 0 Å². The summed E-state index contributed by atoms with van der Waals surface area (Å²) in [6, 6.07) is 8.13. The lowest BCUT2D eigenvalue weighted by atomic mass is 10.1. The minimum absolute atomic E-state index is 0. The van der Waals surface area contributed by atoms with Crippen LogP contribution >= 0.6 is 12.4 Å². The van der Waals surface area contributed by atoms with E-state index in [4.69, 9.17) is 5.73 Å². The Kier molecular flexibility index (Phi) is 7.58. The van der Waals surface area contributed by atoms with E-state index in [0.29, 0.717) is 6.04 Å². The maximum absolute atomic E-state index is 6.10. The number of quaternary nitrogens is 2. The van der Waals surface area contributed by atoms with Crippen LogP contribution in [0, 0.1) is 6.92 Å². The molecule has 4 nitrogen and oxygen atoms in total. The van der Waals surface area contributed by atoms with Crippen molar-refractivity contribution in [3.05, 3.63) is 23.8 Å². The Labute approximate surface area is 184 Å². The molecule has 0 aliphatic carbocycles. The van der Waals surface area contributed by atoms with Crippen molar-refractivity contribution in [1.29, 1.82) is 0 Å². The zero-order valence-corrected chi connectivity index (χ0v) is 19.4. The number of nitrogens with zero attached hydrogens (tertiary/aromatic N) is 3. The van der Waals surface area contributed by atoms with Gasteiger partial charge in [-0.15, -0.1) is 12.4 Å². The first-order valence-corrected chi connectivity index (χ1v) is 10.7. The summed E-state index contributed by atoms with van der Waals surface area (Å²) in [6.07, 6.45) is 6.98. The smallest absolute Gasteiger partial charge is 0.109 e. The van der Waals surface area contributed by atoms with E-state index >= 15 is 0 Å². The SMILES string of the molecule is Cc1cc(N2CC([N+]3(C)CCCC3)CC2C[N+]2(C)CCCC2)ccc1N.Cl.[Cl-]. The molecular formula is C22H39Cl2N4+. The molecule has 2 N–H and O–H groups in total. The van der Waals surface area contributed by atoms with Crippen LogP contribution in [0.3, 0.4) is 0 Å². The average molecular weight is 430 g/mol. The van der Waals surface area contributed by atoms with Crippen LogP contribution in [-0.4, -0.2) is 74.4 Å². The van der Waals surface area contributed by atoms with Crippen molar-refractivity contribution in [2.45, 2.75) is 51.1 Å². The summed E-state index contributed by atoms with van der Waals surface area (Å²) in [4.78, 5) is 2.74. The Hall–Kier alpha value is -0.680. The normalized spacial score (nSPS) is 28.0. The van der Waals surface area contributed by atoms with Gasteiger partial charge in [-0.2, -0.15) is 0 Å². The summed E-state index contributed by atoms with van der Waals surface area (Å²) < 4.78 is 2.57. The second-order valence-corrected chi connectivity index (χ2v) is 9.83. The zero-order chi connectivity index (χ0) is 18.4. The fraction of sp³-hybridized carbons (Fsp3) is 0.727. The third-order valence-corrected chi connectivity index (χ3v) is 7.74. The summed E-state index contributed by atoms with van der Waals surface area (Å²) in [5, 5.41) is 0. The molecule has 6 heteroatoms. The van der Waals surface area contributed by atoms with Gasteiger partial charge in [0.2, 0.25) is 0 Å². The molecule has 3 saturated heterocycles. The monoisotopic (exact) mass is 429 g/mol. The van der Waals surface area contributed by atoms with Gasteiger partial charge < -0.3 is 32.0 Å².